The fourth-order valence-electron chi connectivity index (χ4n) is 1.57. The van der Waals surface area contributed by atoms with Crippen LogP contribution in [0.15, 0.2) is 11.6 Å². The first-order chi connectivity index (χ1) is 3.36. The smallest absolute Gasteiger partial charge is 0.00174 e. The van der Waals surface area contributed by atoms with Gasteiger partial charge in [0.25, 0.3) is 0 Å². The van der Waals surface area contributed by atoms with Crippen LogP contribution >= 0.6 is 0 Å². The maximum Gasteiger partial charge on any atom is -0.00174 e. The fraction of sp³-hybridized carbons (Fsp3) is 0.714. The Hall–Kier alpha value is -0.260. The van der Waals surface area contributed by atoms with Gasteiger partial charge in [0, 0.05) is 0 Å². The number of rotatable bonds is 0. The van der Waals surface area contributed by atoms with Gasteiger partial charge in [0.05, 0.1) is 0 Å². The monoisotopic (exact) mass is 94.1 g/mol. The van der Waals surface area contributed by atoms with E-state index in [1.165, 1.54) is 12.8 Å². The lowest BCUT2D eigenvalue weighted by atomic mass is 10.1. The minimum Gasteiger partial charge on any atom is -0.0775 e. The van der Waals surface area contributed by atoms with Gasteiger partial charge in [0.2, 0.25) is 0 Å². The third-order valence-corrected chi connectivity index (χ3v) is 2.02. The van der Waals surface area contributed by atoms with Crippen molar-refractivity contribution in [2.24, 2.45) is 11.8 Å². The van der Waals surface area contributed by atoms with E-state index in [2.05, 4.69) is 13.0 Å². The summed E-state index contributed by atoms with van der Waals surface area (Å²) in [6, 6.07) is 0. The van der Waals surface area contributed by atoms with Gasteiger partial charge in [-0.3, -0.25) is 0 Å². The van der Waals surface area contributed by atoms with Crippen LogP contribution in [0.3, 0.4) is 0 Å². The topological polar surface area (TPSA) is 0 Å². The van der Waals surface area contributed by atoms with Crippen molar-refractivity contribution >= 4 is 0 Å². The van der Waals surface area contributed by atoms with Gasteiger partial charge in [-0.15, -0.1) is 0 Å². The molecular weight excluding hydrogens is 84.1 g/mol. The van der Waals surface area contributed by atoms with Crippen LogP contribution < -0.4 is 0 Å². The van der Waals surface area contributed by atoms with Gasteiger partial charge in [-0.25, -0.2) is 0 Å². The molecule has 0 N–H and O–H groups in total. The zero-order valence-electron chi connectivity index (χ0n) is 4.65. The van der Waals surface area contributed by atoms with Crippen LogP contribution in [0, 0.1) is 11.8 Å². The van der Waals surface area contributed by atoms with Crippen molar-refractivity contribution in [2.45, 2.75) is 19.8 Å². The van der Waals surface area contributed by atoms with E-state index < -0.39 is 0 Å². The summed E-state index contributed by atoms with van der Waals surface area (Å²) in [5.41, 5.74) is 1.74. The molecule has 0 aromatic carbocycles. The van der Waals surface area contributed by atoms with Crippen LogP contribution in [0.5, 0.6) is 0 Å². The average molecular weight is 94.2 g/mol. The van der Waals surface area contributed by atoms with Gasteiger partial charge in [0.1, 0.15) is 0 Å². The molecule has 0 aliphatic heterocycles. The maximum atomic E-state index is 2.40. The summed E-state index contributed by atoms with van der Waals surface area (Å²) in [5, 5.41) is 0. The molecular formula is C7H10. The lowest BCUT2D eigenvalue weighted by Gasteiger charge is -1.95. The third kappa shape index (κ3) is 0.425. The SMILES string of the molecule is CC1CC2=CC2C1. The Labute approximate surface area is 44.2 Å². The van der Waals surface area contributed by atoms with Gasteiger partial charge in [0.15, 0.2) is 0 Å². The van der Waals surface area contributed by atoms with Crippen molar-refractivity contribution in [3.63, 3.8) is 0 Å². The molecule has 0 heterocycles. The van der Waals surface area contributed by atoms with Gasteiger partial charge >= 0.3 is 0 Å². The number of hydrogen-bond donors (Lipinski definition) is 0. The Balaban J connectivity index is 2.12. The quantitative estimate of drug-likeness (QED) is 0.402. The van der Waals surface area contributed by atoms with Crippen molar-refractivity contribution in [1.82, 2.24) is 0 Å². The highest BCUT2D eigenvalue weighted by Crippen LogP contribution is 2.46. The fourth-order valence-corrected chi connectivity index (χ4v) is 1.57. The van der Waals surface area contributed by atoms with Crippen molar-refractivity contribution < 1.29 is 0 Å². The molecule has 1 saturated carbocycles. The summed E-state index contributed by atoms with van der Waals surface area (Å²) >= 11 is 0. The van der Waals surface area contributed by atoms with E-state index in [1.54, 1.807) is 5.57 Å². The van der Waals surface area contributed by atoms with Crippen molar-refractivity contribution in [1.29, 1.82) is 0 Å². The van der Waals surface area contributed by atoms with Gasteiger partial charge in [-0.1, -0.05) is 18.6 Å². The standard InChI is InChI=1S/C7H10/c1-5-2-6-4-7(6)3-5/h4-6H,2-3H2,1H3. The van der Waals surface area contributed by atoms with Crippen LogP contribution in [0.1, 0.15) is 19.8 Å². The molecule has 1 fully saturated rings. The molecule has 38 valence electrons. The predicted molar refractivity (Wildman–Crippen MR) is 30.0 cm³/mol. The molecule has 0 radical (unpaired) electrons. The number of fused-ring (bicyclic) bond motifs is 1. The third-order valence-electron chi connectivity index (χ3n) is 2.02. The molecule has 2 unspecified atom stereocenters. The van der Waals surface area contributed by atoms with Crippen LogP contribution in [0.25, 0.3) is 0 Å². The molecule has 7 heavy (non-hydrogen) atoms. The lowest BCUT2D eigenvalue weighted by molar-refractivity contribution is 0.586. The van der Waals surface area contributed by atoms with Crippen LogP contribution in [-0.4, -0.2) is 0 Å². The molecule has 2 rings (SSSR count). The average Bonchev–Trinajstić information content (AvgIpc) is 2.15. The molecule has 2 aliphatic rings. The Kier molecular flexibility index (Phi) is 0.495. The van der Waals surface area contributed by atoms with Crippen molar-refractivity contribution in [2.75, 3.05) is 0 Å². The van der Waals surface area contributed by atoms with E-state index >= 15 is 0 Å². The molecule has 2 atom stereocenters. The molecule has 0 nitrogen and oxygen atoms in total. The predicted octanol–water partition coefficient (Wildman–Crippen LogP) is 1.97. The normalized spacial score (nSPS) is 45.6. The molecule has 0 aromatic heterocycles. The Morgan fingerprint density at radius 2 is 2.57 bits per heavy atom. The van der Waals surface area contributed by atoms with E-state index in [4.69, 9.17) is 0 Å². The summed E-state index contributed by atoms with van der Waals surface area (Å²) in [5.74, 6) is 1.99. The molecule has 0 spiro atoms. The van der Waals surface area contributed by atoms with Crippen molar-refractivity contribution in [3.05, 3.63) is 11.6 Å². The maximum absolute atomic E-state index is 2.40. The van der Waals surface area contributed by atoms with E-state index in [1.807, 2.05) is 0 Å². The van der Waals surface area contributed by atoms with Gasteiger partial charge in [-0.05, 0) is 24.7 Å². The minimum atomic E-state index is 0.981. The zero-order chi connectivity index (χ0) is 4.85. The summed E-state index contributed by atoms with van der Waals surface area (Å²) < 4.78 is 0. The van der Waals surface area contributed by atoms with E-state index in [9.17, 15) is 0 Å². The Morgan fingerprint density at radius 3 is 2.86 bits per heavy atom. The molecule has 0 aromatic rings. The molecule has 0 bridgehead atoms. The van der Waals surface area contributed by atoms with Crippen LogP contribution in [0.2, 0.25) is 0 Å². The van der Waals surface area contributed by atoms with E-state index in [0.717, 1.165) is 11.8 Å². The summed E-state index contributed by atoms with van der Waals surface area (Å²) in [4.78, 5) is 0. The minimum absolute atomic E-state index is 0.981. The number of hydrogen-bond acceptors (Lipinski definition) is 0. The van der Waals surface area contributed by atoms with Crippen LogP contribution in [-0.2, 0) is 0 Å². The number of allylic oxidation sites excluding steroid dienone is 2. The summed E-state index contributed by atoms with van der Waals surface area (Å²) in [7, 11) is 0. The Morgan fingerprint density at radius 1 is 1.71 bits per heavy atom. The largest absolute Gasteiger partial charge is 0.0775 e. The Bertz CT molecular complexity index is 122. The first-order valence-corrected chi connectivity index (χ1v) is 3.07. The molecule has 2 aliphatic carbocycles. The lowest BCUT2D eigenvalue weighted by Crippen LogP contribution is -1.84. The highest BCUT2D eigenvalue weighted by molar-refractivity contribution is 5.33. The summed E-state index contributed by atoms with van der Waals surface area (Å²) in [6.07, 6.45) is 5.26. The highest BCUT2D eigenvalue weighted by Gasteiger charge is 2.33. The second-order valence-electron chi connectivity index (χ2n) is 2.89. The van der Waals surface area contributed by atoms with Crippen molar-refractivity contribution in [3.8, 4) is 0 Å². The zero-order valence-corrected chi connectivity index (χ0v) is 4.65. The second-order valence-corrected chi connectivity index (χ2v) is 2.89. The van der Waals surface area contributed by atoms with Crippen LogP contribution in [0.4, 0.5) is 0 Å². The molecule has 0 heteroatoms. The van der Waals surface area contributed by atoms with E-state index in [-0.39, 0.29) is 0 Å². The first-order valence-electron chi connectivity index (χ1n) is 3.07. The van der Waals surface area contributed by atoms with Gasteiger partial charge < -0.3 is 0 Å². The summed E-state index contributed by atoms with van der Waals surface area (Å²) in [6.45, 7) is 2.34. The first kappa shape index (κ1) is 3.71. The van der Waals surface area contributed by atoms with E-state index in [0.29, 0.717) is 0 Å². The molecule has 0 amide bonds. The second kappa shape index (κ2) is 0.936. The van der Waals surface area contributed by atoms with Gasteiger partial charge in [-0.2, -0.15) is 0 Å². The highest BCUT2D eigenvalue weighted by atomic mass is 14.4. The molecule has 0 saturated heterocycles.